The summed E-state index contributed by atoms with van der Waals surface area (Å²) in [7, 11) is 1.74. The molecular weight excluding hydrogens is 218 g/mol. The van der Waals surface area contributed by atoms with Crippen LogP contribution in [0.3, 0.4) is 0 Å². The van der Waals surface area contributed by atoms with Crippen molar-refractivity contribution in [1.29, 1.82) is 0 Å². The summed E-state index contributed by atoms with van der Waals surface area (Å²) in [5.74, 6) is 1.42. The summed E-state index contributed by atoms with van der Waals surface area (Å²) < 4.78 is 10.9. The lowest BCUT2D eigenvalue weighted by Crippen LogP contribution is -2.26. The second-order valence-corrected chi connectivity index (χ2v) is 4.52. The van der Waals surface area contributed by atoms with Gasteiger partial charge in [-0.15, -0.1) is 0 Å². The van der Waals surface area contributed by atoms with Crippen LogP contribution in [0.25, 0.3) is 0 Å². The Morgan fingerprint density at radius 2 is 2.18 bits per heavy atom. The van der Waals surface area contributed by atoms with Crippen molar-refractivity contribution in [3.63, 3.8) is 0 Å². The van der Waals surface area contributed by atoms with E-state index in [4.69, 9.17) is 9.26 Å². The number of aromatic nitrogens is 2. The van der Waals surface area contributed by atoms with Gasteiger partial charge in [0, 0.05) is 20.1 Å². The van der Waals surface area contributed by atoms with Gasteiger partial charge in [-0.3, -0.25) is 0 Å². The molecule has 96 valence electrons. The number of likely N-dealkylation sites (N-methyl/N-ethyl adjacent to an activating group) is 1. The van der Waals surface area contributed by atoms with Crippen molar-refractivity contribution in [1.82, 2.24) is 15.5 Å². The first-order valence-corrected chi connectivity index (χ1v) is 6.39. The van der Waals surface area contributed by atoms with Crippen molar-refractivity contribution in [2.45, 2.75) is 44.6 Å². The molecule has 1 aliphatic carbocycles. The molecular formula is C12H21N3O2. The molecule has 5 nitrogen and oxygen atoms in total. The van der Waals surface area contributed by atoms with Crippen molar-refractivity contribution in [2.75, 3.05) is 20.2 Å². The molecule has 0 unspecified atom stereocenters. The lowest BCUT2D eigenvalue weighted by molar-refractivity contribution is -0.0178. The molecule has 1 aromatic heterocycles. The second kappa shape index (κ2) is 5.60. The molecule has 1 aromatic rings. The highest BCUT2D eigenvalue weighted by Crippen LogP contribution is 2.39. The first kappa shape index (κ1) is 12.5. The first-order valence-electron chi connectivity index (χ1n) is 6.39. The third-order valence-electron chi connectivity index (χ3n) is 3.44. The molecule has 0 spiro atoms. The number of nitrogens with zero attached hydrogens (tertiary/aromatic N) is 2. The summed E-state index contributed by atoms with van der Waals surface area (Å²) in [5.41, 5.74) is -0.292. The molecule has 0 aromatic carbocycles. The Balaban J connectivity index is 2.01. The van der Waals surface area contributed by atoms with Crippen LogP contribution in [0.2, 0.25) is 0 Å². The van der Waals surface area contributed by atoms with Gasteiger partial charge >= 0.3 is 0 Å². The molecule has 1 aliphatic rings. The van der Waals surface area contributed by atoms with Crippen LogP contribution in [-0.2, 0) is 16.8 Å². The predicted octanol–water partition coefficient (Wildman–Crippen LogP) is 1.64. The molecule has 17 heavy (non-hydrogen) atoms. The Hall–Kier alpha value is -0.940. The van der Waals surface area contributed by atoms with Gasteiger partial charge in [-0.25, -0.2) is 0 Å². The highest BCUT2D eigenvalue weighted by atomic mass is 16.5. The summed E-state index contributed by atoms with van der Waals surface area (Å²) in [6.45, 7) is 3.92. The number of nitrogens with one attached hydrogen (secondary N) is 1. The van der Waals surface area contributed by atoms with Gasteiger partial charge in [-0.2, -0.15) is 4.98 Å². The predicted molar refractivity (Wildman–Crippen MR) is 63.7 cm³/mol. The molecule has 0 amide bonds. The Labute approximate surface area is 102 Å². The molecule has 0 aliphatic heterocycles. The van der Waals surface area contributed by atoms with Crippen molar-refractivity contribution in [3.05, 3.63) is 11.7 Å². The molecule has 1 saturated carbocycles. The molecule has 0 saturated heterocycles. The third kappa shape index (κ3) is 2.66. The summed E-state index contributed by atoms with van der Waals surface area (Å²) in [5, 5.41) is 7.32. The van der Waals surface area contributed by atoms with Gasteiger partial charge in [0.25, 0.3) is 0 Å². The van der Waals surface area contributed by atoms with Gasteiger partial charge in [-0.05, 0) is 32.2 Å². The highest BCUT2D eigenvalue weighted by Gasteiger charge is 2.40. The summed E-state index contributed by atoms with van der Waals surface area (Å²) in [6, 6.07) is 0. The minimum Gasteiger partial charge on any atom is -0.370 e. The van der Waals surface area contributed by atoms with Crippen LogP contribution in [0.4, 0.5) is 0 Å². The van der Waals surface area contributed by atoms with E-state index < -0.39 is 0 Å². The van der Waals surface area contributed by atoms with E-state index >= 15 is 0 Å². The Morgan fingerprint density at radius 1 is 1.41 bits per heavy atom. The molecule has 1 heterocycles. The molecule has 1 fully saturated rings. The molecule has 0 atom stereocenters. The van der Waals surface area contributed by atoms with Crippen molar-refractivity contribution < 1.29 is 9.26 Å². The normalized spacial score (nSPS) is 18.7. The minimum atomic E-state index is -0.292. The third-order valence-corrected chi connectivity index (χ3v) is 3.44. The maximum atomic E-state index is 5.62. The lowest BCUT2D eigenvalue weighted by atomic mass is 10.0. The Morgan fingerprint density at radius 3 is 2.82 bits per heavy atom. The van der Waals surface area contributed by atoms with Crippen molar-refractivity contribution in [2.24, 2.45) is 0 Å². The quantitative estimate of drug-likeness (QED) is 0.765. The standard InChI is InChI=1S/C12H21N3O2/c1-3-13-9-6-10-14-11(15-17-10)12(16-2)7-4-5-8-12/h13H,3-9H2,1-2H3. The van der Waals surface area contributed by atoms with Gasteiger partial charge < -0.3 is 14.6 Å². The fourth-order valence-corrected chi connectivity index (χ4v) is 2.38. The Bertz CT molecular complexity index is 345. The molecule has 0 radical (unpaired) electrons. The molecule has 1 N–H and O–H groups in total. The second-order valence-electron chi connectivity index (χ2n) is 4.52. The number of hydrogen-bond acceptors (Lipinski definition) is 5. The highest BCUT2D eigenvalue weighted by molar-refractivity contribution is 5.04. The first-order chi connectivity index (χ1) is 8.30. The number of rotatable bonds is 6. The van der Waals surface area contributed by atoms with Crippen molar-refractivity contribution >= 4 is 0 Å². The van der Waals surface area contributed by atoms with E-state index in [2.05, 4.69) is 22.4 Å². The van der Waals surface area contributed by atoms with Crippen LogP contribution in [0, 0.1) is 0 Å². The van der Waals surface area contributed by atoms with Crippen LogP contribution in [0.15, 0.2) is 4.52 Å². The van der Waals surface area contributed by atoms with Gasteiger partial charge in [-0.1, -0.05) is 12.1 Å². The van der Waals surface area contributed by atoms with E-state index in [-0.39, 0.29) is 5.60 Å². The fraction of sp³-hybridized carbons (Fsp3) is 0.833. The maximum Gasteiger partial charge on any atom is 0.228 e. The average Bonchev–Trinajstić information content (AvgIpc) is 2.98. The fourth-order valence-electron chi connectivity index (χ4n) is 2.38. The van der Waals surface area contributed by atoms with E-state index in [1.54, 1.807) is 7.11 Å². The maximum absolute atomic E-state index is 5.62. The number of ether oxygens (including phenoxy) is 1. The summed E-state index contributed by atoms with van der Waals surface area (Å²) in [4.78, 5) is 4.46. The van der Waals surface area contributed by atoms with Gasteiger partial charge in [0.2, 0.25) is 11.7 Å². The minimum absolute atomic E-state index is 0.292. The summed E-state index contributed by atoms with van der Waals surface area (Å²) in [6.07, 6.45) is 5.12. The monoisotopic (exact) mass is 239 g/mol. The van der Waals surface area contributed by atoms with E-state index in [0.717, 1.165) is 38.2 Å². The number of hydrogen-bond donors (Lipinski definition) is 1. The SMILES string of the molecule is CCNCCc1nc(C2(OC)CCCC2)no1. The average molecular weight is 239 g/mol. The lowest BCUT2D eigenvalue weighted by Gasteiger charge is -2.22. The summed E-state index contributed by atoms with van der Waals surface area (Å²) >= 11 is 0. The van der Waals surface area contributed by atoms with Gasteiger partial charge in [0.05, 0.1) is 0 Å². The van der Waals surface area contributed by atoms with Crippen LogP contribution < -0.4 is 5.32 Å². The van der Waals surface area contributed by atoms with Crippen molar-refractivity contribution in [3.8, 4) is 0 Å². The van der Waals surface area contributed by atoms with Crippen LogP contribution in [0.1, 0.15) is 44.3 Å². The topological polar surface area (TPSA) is 60.2 Å². The Kier molecular flexibility index (Phi) is 4.12. The molecule has 0 bridgehead atoms. The van der Waals surface area contributed by atoms with Crippen LogP contribution in [0.5, 0.6) is 0 Å². The van der Waals surface area contributed by atoms with E-state index in [0.29, 0.717) is 5.89 Å². The van der Waals surface area contributed by atoms with E-state index in [9.17, 15) is 0 Å². The smallest absolute Gasteiger partial charge is 0.228 e. The zero-order valence-electron chi connectivity index (χ0n) is 10.7. The van der Waals surface area contributed by atoms with Gasteiger partial charge in [0.15, 0.2) is 0 Å². The zero-order chi connectivity index (χ0) is 12.1. The largest absolute Gasteiger partial charge is 0.370 e. The molecule has 2 rings (SSSR count). The van der Waals surface area contributed by atoms with E-state index in [1.807, 2.05) is 0 Å². The zero-order valence-corrected chi connectivity index (χ0v) is 10.7. The van der Waals surface area contributed by atoms with Gasteiger partial charge in [0.1, 0.15) is 5.60 Å². The molecule has 5 heteroatoms. The van der Waals surface area contributed by atoms with Crippen LogP contribution in [-0.4, -0.2) is 30.3 Å². The van der Waals surface area contributed by atoms with E-state index in [1.165, 1.54) is 12.8 Å². The number of methoxy groups -OCH3 is 1. The van der Waals surface area contributed by atoms with Crippen LogP contribution >= 0.6 is 0 Å².